The van der Waals surface area contributed by atoms with Gasteiger partial charge in [0.2, 0.25) is 0 Å². The van der Waals surface area contributed by atoms with E-state index in [2.05, 4.69) is 19.1 Å². The van der Waals surface area contributed by atoms with Crippen molar-refractivity contribution in [3.63, 3.8) is 0 Å². The minimum absolute atomic E-state index is 0.124. The molecule has 0 aliphatic carbocycles. The maximum atomic E-state index is 10.3. The lowest BCUT2D eigenvalue weighted by Crippen LogP contribution is -2.15. The average Bonchev–Trinajstić information content (AvgIpc) is 2.94. The Balaban J connectivity index is 0. The first-order valence-corrected chi connectivity index (χ1v) is 15.3. The van der Waals surface area contributed by atoms with Gasteiger partial charge in [0, 0.05) is 6.61 Å². The van der Waals surface area contributed by atoms with Crippen LogP contribution in [0.5, 0.6) is 0 Å². The lowest BCUT2D eigenvalue weighted by molar-refractivity contribution is 0.0450. The van der Waals surface area contributed by atoms with Crippen LogP contribution in [-0.2, 0) is 16.5 Å². The van der Waals surface area contributed by atoms with Crippen LogP contribution in [-0.4, -0.2) is 47.9 Å². The van der Waals surface area contributed by atoms with Gasteiger partial charge in [0.05, 0.1) is 26.4 Å². The first-order chi connectivity index (χ1) is 18.2. The van der Waals surface area contributed by atoms with Crippen molar-refractivity contribution < 1.29 is 25.2 Å². The van der Waals surface area contributed by atoms with E-state index in [4.69, 9.17) is 20.1 Å². The topological polar surface area (TPSA) is 89.8 Å². The van der Waals surface area contributed by atoms with E-state index in [1.165, 1.54) is 108 Å². The highest BCUT2D eigenvalue weighted by molar-refractivity contribution is 5.13. The van der Waals surface area contributed by atoms with Crippen LogP contribution < -0.4 is 0 Å². The second-order valence-electron chi connectivity index (χ2n) is 9.86. The van der Waals surface area contributed by atoms with Gasteiger partial charge in [-0.25, -0.2) is 5.11 Å². The Hall–Kier alpha value is -0.980. The maximum absolute atomic E-state index is 10.3. The number of rotatable bonds is 23. The molecule has 0 bridgehead atoms. The van der Waals surface area contributed by atoms with Gasteiger partial charge in [-0.3, -0.25) is 0 Å². The van der Waals surface area contributed by atoms with Crippen LogP contribution in [0.2, 0.25) is 0 Å². The molecule has 1 radical (unpaired) electrons. The second kappa shape index (κ2) is 35.0. The van der Waals surface area contributed by atoms with E-state index in [1.807, 2.05) is 25.1 Å². The summed E-state index contributed by atoms with van der Waals surface area (Å²) in [6.45, 7) is 5.20. The van der Waals surface area contributed by atoms with Crippen LogP contribution in [0.15, 0.2) is 30.3 Å². The van der Waals surface area contributed by atoms with Gasteiger partial charge < -0.3 is 20.1 Å². The molecule has 5 nitrogen and oxygen atoms in total. The van der Waals surface area contributed by atoms with Crippen molar-refractivity contribution in [2.24, 2.45) is 0 Å². The molecule has 3 N–H and O–H groups in total. The predicted molar refractivity (Wildman–Crippen MR) is 156 cm³/mol. The van der Waals surface area contributed by atoms with Crippen LogP contribution in [0.4, 0.5) is 0 Å². The highest BCUT2D eigenvalue weighted by Gasteiger charge is 1.95. The average molecular weight is 526 g/mol. The molecule has 0 heterocycles. The minimum atomic E-state index is -0.954. The largest absolute Gasteiger partial charge is 0.394 e. The van der Waals surface area contributed by atoms with Crippen molar-refractivity contribution in [2.45, 2.75) is 142 Å². The summed E-state index contributed by atoms with van der Waals surface area (Å²) in [5.41, 5.74) is 1.24. The molecule has 5 heteroatoms. The molecular formula is C32H61O5. The van der Waals surface area contributed by atoms with Crippen LogP contribution >= 0.6 is 0 Å². The van der Waals surface area contributed by atoms with Gasteiger partial charge in [0.25, 0.3) is 0 Å². The smallest absolute Gasteiger partial charge is 0.100 e. The lowest BCUT2D eigenvalue weighted by atomic mass is 10.0. The first-order valence-electron chi connectivity index (χ1n) is 15.3. The first kappa shape index (κ1) is 38.2. The van der Waals surface area contributed by atoms with E-state index in [9.17, 15) is 5.11 Å². The van der Waals surface area contributed by atoms with Crippen molar-refractivity contribution in [3.8, 4) is 0 Å². The van der Waals surface area contributed by atoms with Crippen molar-refractivity contribution in [3.05, 3.63) is 35.9 Å². The summed E-state index contributed by atoms with van der Waals surface area (Å²) < 4.78 is 5.22. The number of hydrogen-bond donors (Lipinski definition) is 3. The fourth-order valence-electron chi connectivity index (χ4n) is 3.86. The fourth-order valence-corrected chi connectivity index (χ4v) is 3.86. The zero-order valence-electron chi connectivity index (χ0n) is 24.4. The number of ether oxygens (including phenoxy) is 1. The molecular weight excluding hydrogens is 464 g/mol. The number of hydrogen-bond acceptors (Lipinski definition) is 4. The number of aliphatic hydroxyl groups excluding tert-OH is 3. The van der Waals surface area contributed by atoms with Crippen LogP contribution in [0.1, 0.15) is 135 Å². The SMILES string of the molecule is CCCCCCCCCCCCCCCCCCCC[O].CCOCc1ccccc1.OCC(O)CO. The molecule has 1 rings (SSSR count). The standard InChI is InChI=1S/C20H41O.C9H12O.C3H8O3/c1-2-3-4-5-6-7-8-9-10-11-12-13-14-15-16-17-18-19-20-21;1-2-10-8-9-6-4-3-5-7-9;4-1-3(6)2-5/h2-20H2,1H3;3-7H,2,8H2,1H3;3-6H,1-2H2. The summed E-state index contributed by atoms with van der Waals surface area (Å²) in [6, 6.07) is 10.2. The molecule has 0 spiro atoms. The van der Waals surface area contributed by atoms with Gasteiger partial charge in [-0.15, -0.1) is 0 Å². The van der Waals surface area contributed by atoms with Crippen molar-refractivity contribution >= 4 is 0 Å². The van der Waals surface area contributed by atoms with Gasteiger partial charge in [-0.2, -0.15) is 0 Å². The molecule has 0 atom stereocenters. The quantitative estimate of drug-likeness (QED) is 0.126. The number of unbranched alkanes of at least 4 members (excludes halogenated alkanes) is 17. The zero-order chi connectivity index (χ0) is 27.7. The van der Waals surface area contributed by atoms with E-state index in [-0.39, 0.29) is 19.8 Å². The van der Waals surface area contributed by atoms with Gasteiger partial charge in [-0.05, 0) is 18.9 Å². The normalized spacial score (nSPS) is 10.6. The van der Waals surface area contributed by atoms with Gasteiger partial charge in [-0.1, -0.05) is 146 Å². The Morgan fingerprint density at radius 3 is 1.30 bits per heavy atom. The molecule has 1 aromatic carbocycles. The third kappa shape index (κ3) is 35.0. The zero-order valence-corrected chi connectivity index (χ0v) is 24.4. The molecule has 0 aromatic heterocycles. The van der Waals surface area contributed by atoms with Crippen molar-refractivity contribution in [1.29, 1.82) is 0 Å². The molecule has 0 aliphatic heterocycles. The second-order valence-corrected chi connectivity index (χ2v) is 9.86. The summed E-state index contributed by atoms with van der Waals surface area (Å²) in [4.78, 5) is 0. The minimum Gasteiger partial charge on any atom is -0.394 e. The Morgan fingerprint density at radius 2 is 1.00 bits per heavy atom. The Morgan fingerprint density at radius 1 is 0.622 bits per heavy atom. The van der Waals surface area contributed by atoms with E-state index >= 15 is 0 Å². The molecule has 0 saturated heterocycles. The van der Waals surface area contributed by atoms with E-state index in [0.717, 1.165) is 26.1 Å². The van der Waals surface area contributed by atoms with E-state index < -0.39 is 6.10 Å². The lowest BCUT2D eigenvalue weighted by Gasteiger charge is -2.03. The van der Waals surface area contributed by atoms with Crippen LogP contribution in [0.25, 0.3) is 0 Å². The summed E-state index contributed by atoms with van der Waals surface area (Å²) in [5, 5.41) is 34.3. The number of aliphatic hydroxyl groups is 3. The monoisotopic (exact) mass is 525 g/mol. The third-order valence-electron chi connectivity index (χ3n) is 6.24. The molecule has 0 aliphatic rings. The molecule has 37 heavy (non-hydrogen) atoms. The Kier molecular flexibility index (Phi) is 36.1. The van der Waals surface area contributed by atoms with E-state index in [0.29, 0.717) is 0 Å². The summed E-state index contributed by atoms with van der Waals surface area (Å²) in [5.74, 6) is 0. The van der Waals surface area contributed by atoms with E-state index in [1.54, 1.807) is 0 Å². The fraction of sp³-hybridized carbons (Fsp3) is 0.812. The van der Waals surface area contributed by atoms with Crippen molar-refractivity contribution in [1.82, 2.24) is 0 Å². The van der Waals surface area contributed by atoms with Gasteiger partial charge in [0.1, 0.15) is 6.10 Å². The summed E-state index contributed by atoms with van der Waals surface area (Å²) >= 11 is 0. The number of benzene rings is 1. The van der Waals surface area contributed by atoms with Gasteiger partial charge >= 0.3 is 0 Å². The molecule has 0 amide bonds. The van der Waals surface area contributed by atoms with Crippen LogP contribution in [0, 0.1) is 0 Å². The summed E-state index contributed by atoms with van der Waals surface area (Å²) in [7, 11) is 0. The molecule has 219 valence electrons. The Bertz CT molecular complexity index is 475. The molecule has 0 fully saturated rings. The highest BCUT2D eigenvalue weighted by atomic mass is 16.5. The highest BCUT2D eigenvalue weighted by Crippen LogP contribution is 2.14. The molecule has 1 aromatic rings. The Labute approximate surface area is 229 Å². The van der Waals surface area contributed by atoms with Gasteiger partial charge in [0.15, 0.2) is 0 Å². The third-order valence-corrected chi connectivity index (χ3v) is 6.24. The maximum Gasteiger partial charge on any atom is 0.100 e. The predicted octanol–water partition coefficient (Wildman–Crippen LogP) is 8.01. The summed E-state index contributed by atoms with van der Waals surface area (Å²) in [6.07, 6.45) is 23.8. The van der Waals surface area contributed by atoms with Crippen molar-refractivity contribution in [2.75, 3.05) is 26.4 Å². The molecule has 0 saturated carbocycles. The van der Waals surface area contributed by atoms with Crippen LogP contribution in [0.3, 0.4) is 0 Å². The molecule has 0 unspecified atom stereocenters.